The highest BCUT2D eigenvalue weighted by atomic mass is 16.5. The van der Waals surface area contributed by atoms with Gasteiger partial charge in [-0.2, -0.15) is 5.10 Å². The van der Waals surface area contributed by atoms with Crippen molar-refractivity contribution in [1.29, 1.82) is 0 Å². The van der Waals surface area contributed by atoms with Crippen molar-refractivity contribution in [2.45, 2.75) is 39.2 Å². The molecule has 34 heavy (non-hydrogen) atoms. The lowest BCUT2D eigenvalue weighted by Crippen LogP contribution is -2.50. The van der Waals surface area contributed by atoms with Crippen molar-refractivity contribution in [2.24, 2.45) is 5.41 Å². The van der Waals surface area contributed by atoms with E-state index in [4.69, 9.17) is 24.0 Å². The summed E-state index contributed by atoms with van der Waals surface area (Å²) in [5.74, 6) is 0.113. The maximum Gasteiger partial charge on any atom is 0.338 e. The van der Waals surface area contributed by atoms with Gasteiger partial charge in [-0.15, -0.1) is 0 Å². The molecule has 0 bridgehead atoms. The predicted octanol–water partition coefficient (Wildman–Crippen LogP) is 2.41. The summed E-state index contributed by atoms with van der Waals surface area (Å²) in [6, 6.07) is 6.90. The monoisotopic (exact) mass is 471 g/mol. The fourth-order valence-corrected chi connectivity index (χ4v) is 4.34. The van der Waals surface area contributed by atoms with Gasteiger partial charge in [-0.05, 0) is 43.9 Å². The van der Waals surface area contributed by atoms with Gasteiger partial charge >= 0.3 is 5.97 Å². The van der Waals surface area contributed by atoms with Crippen LogP contribution in [-0.4, -0.2) is 68.3 Å². The van der Waals surface area contributed by atoms with Crippen LogP contribution in [0.1, 0.15) is 51.9 Å². The van der Waals surface area contributed by atoms with E-state index in [9.17, 15) is 9.59 Å². The van der Waals surface area contributed by atoms with Crippen LogP contribution in [0.3, 0.4) is 0 Å². The maximum atomic E-state index is 13.0. The molecule has 1 aromatic heterocycles. The SMILES string of the molecule is CCc1nn(CC2(COC(=O)c3cccc(OC)c3)COC2)c2c1C(=O)NCCCOCCC2. The molecule has 0 aliphatic carbocycles. The second-order valence-electron chi connectivity index (χ2n) is 8.91. The molecule has 0 spiro atoms. The highest BCUT2D eigenvalue weighted by Crippen LogP contribution is 2.32. The third-order valence-corrected chi connectivity index (χ3v) is 6.26. The molecule has 4 rings (SSSR count). The Labute approximate surface area is 199 Å². The Bertz CT molecular complexity index is 1010. The van der Waals surface area contributed by atoms with Gasteiger partial charge in [0.1, 0.15) is 12.4 Å². The number of nitrogens with one attached hydrogen (secondary N) is 1. The lowest BCUT2D eigenvalue weighted by molar-refractivity contribution is -0.148. The van der Waals surface area contributed by atoms with Crippen LogP contribution < -0.4 is 10.1 Å². The van der Waals surface area contributed by atoms with Gasteiger partial charge in [-0.1, -0.05) is 13.0 Å². The van der Waals surface area contributed by atoms with Gasteiger partial charge in [0.15, 0.2) is 0 Å². The molecule has 1 aromatic carbocycles. The van der Waals surface area contributed by atoms with E-state index in [1.165, 1.54) is 0 Å². The van der Waals surface area contributed by atoms with Crippen LogP contribution in [0.2, 0.25) is 0 Å². The molecule has 2 aromatic rings. The summed E-state index contributed by atoms with van der Waals surface area (Å²) in [6.07, 6.45) is 2.95. The number of benzene rings is 1. The molecule has 0 atom stereocenters. The second-order valence-corrected chi connectivity index (χ2v) is 8.91. The van der Waals surface area contributed by atoms with Crippen LogP contribution in [-0.2, 0) is 33.6 Å². The topological polar surface area (TPSA) is 101 Å². The number of esters is 1. The molecular weight excluding hydrogens is 438 g/mol. The first-order valence-corrected chi connectivity index (χ1v) is 11.9. The molecular formula is C25H33N3O6. The third-order valence-electron chi connectivity index (χ3n) is 6.26. The third kappa shape index (κ3) is 5.42. The number of aryl methyl sites for hydroxylation is 1. The van der Waals surface area contributed by atoms with E-state index in [2.05, 4.69) is 5.32 Å². The summed E-state index contributed by atoms with van der Waals surface area (Å²) in [5, 5.41) is 7.81. The molecule has 0 radical (unpaired) electrons. The van der Waals surface area contributed by atoms with E-state index >= 15 is 0 Å². The first-order valence-electron chi connectivity index (χ1n) is 11.9. The fraction of sp³-hybridized carbons (Fsp3) is 0.560. The number of ether oxygens (including phenoxy) is 4. The number of hydrogen-bond acceptors (Lipinski definition) is 7. The number of amides is 1. The number of fused-ring (bicyclic) bond motifs is 1. The zero-order valence-corrected chi connectivity index (χ0v) is 19.9. The maximum absolute atomic E-state index is 13.0. The smallest absolute Gasteiger partial charge is 0.338 e. The highest BCUT2D eigenvalue weighted by Gasteiger charge is 2.42. The Balaban J connectivity index is 1.53. The zero-order valence-electron chi connectivity index (χ0n) is 19.9. The fourth-order valence-electron chi connectivity index (χ4n) is 4.34. The standard InChI is InChI=1S/C25H33N3O6/c1-3-20-22-21(9-5-11-32-12-6-10-26-23(22)29)28(27-20)14-25(15-33-16-25)17-34-24(30)18-7-4-8-19(13-18)31-2/h4,7-8,13H,3,5-6,9-12,14-17H2,1-2H3,(H,26,29). The molecule has 0 saturated carbocycles. The van der Waals surface area contributed by atoms with Crippen molar-refractivity contribution in [3.63, 3.8) is 0 Å². The summed E-state index contributed by atoms with van der Waals surface area (Å²) in [5.41, 5.74) is 2.42. The minimum atomic E-state index is -0.407. The van der Waals surface area contributed by atoms with E-state index in [0.29, 0.717) is 69.2 Å². The summed E-state index contributed by atoms with van der Waals surface area (Å²) < 4.78 is 24.0. The molecule has 0 unspecified atom stereocenters. The number of aromatic nitrogens is 2. The van der Waals surface area contributed by atoms with Gasteiger partial charge in [0.25, 0.3) is 5.91 Å². The van der Waals surface area contributed by atoms with Crippen molar-refractivity contribution in [3.8, 4) is 5.75 Å². The molecule has 1 N–H and O–H groups in total. The number of carbonyl (C=O) groups is 2. The summed E-state index contributed by atoms with van der Waals surface area (Å²) in [7, 11) is 1.56. The van der Waals surface area contributed by atoms with Gasteiger partial charge in [0, 0.05) is 19.8 Å². The number of carbonyl (C=O) groups excluding carboxylic acids is 2. The molecule has 184 valence electrons. The van der Waals surface area contributed by atoms with E-state index in [1.54, 1.807) is 31.4 Å². The van der Waals surface area contributed by atoms with E-state index in [0.717, 1.165) is 24.2 Å². The molecule has 3 heterocycles. The number of nitrogens with zero attached hydrogens (tertiary/aromatic N) is 2. The average Bonchev–Trinajstić information content (AvgIpc) is 3.16. The van der Waals surface area contributed by atoms with Crippen molar-refractivity contribution in [3.05, 3.63) is 46.8 Å². The van der Waals surface area contributed by atoms with E-state index in [1.807, 2.05) is 11.6 Å². The largest absolute Gasteiger partial charge is 0.497 e. The van der Waals surface area contributed by atoms with Crippen LogP contribution in [0.5, 0.6) is 5.75 Å². The van der Waals surface area contributed by atoms with E-state index < -0.39 is 11.4 Å². The van der Waals surface area contributed by atoms with Gasteiger partial charge in [0.2, 0.25) is 0 Å². The molecule has 2 aliphatic heterocycles. The summed E-state index contributed by atoms with van der Waals surface area (Å²) in [6.45, 7) is 5.50. The van der Waals surface area contributed by atoms with Crippen LogP contribution >= 0.6 is 0 Å². The Morgan fingerprint density at radius 1 is 1.24 bits per heavy atom. The Hall–Kier alpha value is -2.91. The predicted molar refractivity (Wildman–Crippen MR) is 124 cm³/mol. The summed E-state index contributed by atoms with van der Waals surface area (Å²) >= 11 is 0. The Morgan fingerprint density at radius 3 is 2.79 bits per heavy atom. The van der Waals surface area contributed by atoms with Gasteiger partial charge in [-0.3, -0.25) is 9.48 Å². The minimum absolute atomic E-state index is 0.0802. The first kappa shape index (κ1) is 24.2. The molecule has 9 nitrogen and oxygen atoms in total. The Kier molecular flexibility index (Phi) is 7.84. The Morgan fingerprint density at radius 2 is 2.06 bits per heavy atom. The van der Waals surface area contributed by atoms with Crippen LogP contribution in [0.4, 0.5) is 0 Å². The second kappa shape index (κ2) is 11.0. The average molecular weight is 472 g/mol. The molecule has 1 fully saturated rings. The molecule has 1 saturated heterocycles. The highest BCUT2D eigenvalue weighted by molar-refractivity contribution is 5.96. The number of hydrogen-bond donors (Lipinski definition) is 1. The van der Waals surface area contributed by atoms with Gasteiger partial charge < -0.3 is 24.3 Å². The lowest BCUT2D eigenvalue weighted by Gasteiger charge is -2.40. The minimum Gasteiger partial charge on any atom is -0.497 e. The quantitative estimate of drug-likeness (QED) is 0.619. The first-order chi connectivity index (χ1) is 16.5. The molecule has 9 heteroatoms. The molecule has 2 aliphatic rings. The lowest BCUT2D eigenvalue weighted by atomic mass is 9.86. The van der Waals surface area contributed by atoms with Crippen LogP contribution in [0, 0.1) is 5.41 Å². The van der Waals surface area contributed by atoms with Crippen molar-refractivity contribution < 1.29 is 28.5 Å². The number of rotatable bonds is 7. The molecule has 1 amide bonds. The van der Waals surface area contributed by atoms with Crippen LogP contribution in [0.25, 0.3) is 0 Å². The van der Waals surface area contributed by atoms with Gasteiger partial charge in [0.05, 0.1) is 54.8 Å². The normalized spacial score (nSPS) is 18.1. The van der Waals surface area contributed by atoms with Crippen molar-refractivity contribution in [1.82, 2.24) is 15.1 Å². The van der Waals surface area contributed by atoms with Crippen LogP contribution in [0.15, 0.2) is 24.3 Å². The number of methoxy groups -OCH3 is 1. The van der Waals surface area contributed by atoms with Crippen molar-refractivity contribution >= 4 is 11.9 Å². The van der Waals surface area contributed by atoms with Crippen molar-refractivity contribution in [2.75, 3.05) is 46.7 Å². The zero-order chi connectivity index (χ0) is 24.0. The van der Waals surface area contributed by atoms with Gasteiger partial charge in [-0.25, -0.2) is 4.79 Å². The van der Waals surface area contributed by atoms with E-state index in [-0.39, 0.29) is 12.5 Å². The summed E-state index contributed by atoms with van der Waals surface area (Å²) in [4.78, 5) is 25.6.